The molecule has 0 fully saturated rings. The lowest BCUT2D eigenvalue weighted by atomic mass is 9.95. The fourth-order valence-corrected chi connectivity index (χ4v) is 1.96. The van der Waals surface area contributed by atoms with Crippen LogP contribution in [0.5, 0.6) is 0 Å². The van der Waals surface area contributed by atoms with Crippen molar-refractivity contribution in [2.24, 2.45) is 0 Å². The summed E-state index contributed by atoms with van der Waals surface area (Å²) >= 11 is 0. The Labute approximate surface area is 108 Å². The largest absolute Gasteiger partial charge is 0.0622 e. The van der Waals surface area contributed by atoms with Crippen LogP contribution >= 0.6 is 0 Å². The minimum atomic E-state index is 1.01. The highest BCUT2D eigenvalue weighted by atomic mass is 14.1. The summed E-state index contributed by atoms with van der Waals surface area (Å²) in [5.74, 6) is 0. The van der Waals surface area contributed by atoms with Crippen molar-refractivity contribution in [3.63, 3.8) is 0 Å². The van der Waals surface area contributed by atoms with Gasteiger partial charge in [-0.05, 0) is 46.5 Å². The summed E-state index contributed by atoms with van der Waals surface area (Å²) in [6, 6.07) is 32.4. The van der Waals surface area contributed by atoms with E-state index in [1.165, 1.54) is 0 Å². The topological polar surface area (TPSA) is 0 Å². The highest BCUT2D eigenvalue weighted by molar-refractivity contribution is 5.82. The van der Waals surface area contributed by atoms with Crippen molar-refractivity contribution in [2.45, 2.75) is 0 Å². The van der Waals surface area contributed by atoms with Crippen LogP contribution in [0, 0.1) is 24.3 Å². The zero-order valence-electron chi connectivity index (χ0n) is 9.77. The first-order valence-electron chi connectivity index (χ1n) is 5.82. The molecule has 0 aromatic heterocycles. The van der Waals surface area contributed by atoms with Crippen molar-refractivity contribution in [1.29, 1.82) is 0 Å². The molecule has 0 aliphatic rings. The molecule has 0 aliphatic carbocycles. The Kier molecular flexibility index (Phi) is 2.93. The number of hydrogen-bond donors (Lipinski definition) is 0. The predicted molar refractivity (Wildman–Crippen MR) is 72.7 cm³/mol. The van der Waals surface area contributed by atoms with Crippen molar-refractivity contribution in [1.82, 2.24) is 0 Å². The zero-order chi connectivity index (χ0) is 12.2. The lowest BCUT2D eigenvalue weighted by Crippen LogP contribution is -1.85. The minimum Gasteiger partial charge on any atom is -0.0622 e. The molecule has 0 saturated heterocycles. The average molecular weight is 226 g/mol. The summed E-state index contributed by atoms with van der Waals surface area (Å²) in [6.07, 6.45) is 0. The van der Waals surface area contributed by atoms with Crippen molar-refractivity contribution in [3.05, 3.63) is 84.9 Å². The molecule has 0 spiro atoms. The van der Waals surface area contributed by atoms with E-state index in [0.29, 0.717) is 0 Å². The number of rotatable bonds is 2. The number of hydrogen-bond acceptors (Lipinski definition) is 0. The van der Waals surface area contributed by atoms with Crippen LogP contribution in [-0.2, 0) is 0 Å². The summed E-state index contributed by atoms with van der Waals surface area (Å²) < 4.78 is 0. The van der Waals surface area contributed by atoms with Crippen LogP contribution in [0.15, 0.2) is 60.7 Å². The zero-order valence-corrected chi connectivity index (χ0v) is 9.77. The fourth-order valence-electron chi connectivity index (χ4n) is 1.96. The molecule has 82 valence electrons. The van der Waals surface area contributed by atoms with Gasteiger partial charge in [-0.2, -0.15) is 0 Å². The molecule has 0 bridgehead atoms. The maximum absolute atomic E-state index is 3.14. The molecular formula is C18H10. The lowest BCUT2D eigenvalue weighted by molar-refractivity contribution is 1.55. The smallest absolute Gasteiger partial charge is 0.000000766 e. The molecule has 3 rings (SSSR count). The highest BCUT2D eigenvalue weighted by Crippen LogP contribution is 2.30. The van der Waals surface area contributed by atoms with Crippen molar-refractivity contribution in [3.8, 4) is 22.3 Å². The van der Waals surface area contributed by atoms with Crippen LogP contribution in [0.4, 0.5) is 0 Å². The van der Waals surface area contributed by atoms with E-state index in [9.17, 15) is 0 Å². The van der Waals surface area contributed by atoms with E-state index in [1.807, 2.05) is 36.4 Å². The Hall–Kier alpha value is -2.34. The monoisotopic (exact) mass is 226 g/mol. The van der Waals surface area contributed by atoms with Gasteiger partial charge in [0, 0.05) is 0 Å². The summed E-state index contributed by atoms with van der Waals surface area (Å²) in [6.45, 7) is 0. The van der Waals surface area contributed by atoms with Crippen LogP contribution in [0.1, 0.15) is 0 Å². The second kappa shape index (κ2) is 4.89. The van der Waals surface area contributed by atoms with Gasteiger partial charge in [0.05, 0.1) is 0 Å². The molecule has 0 aliphatic heterocycles. The van der Waals surface area contributed by atoms with Gasteiger partial charge in [-0.25, -0.2) is 0 Å². The summed E-state index contributed by atoms with van der Waals surface area (Å²) in [5, 5.41) is 0. The molecule has 0 unspecified atom stereocenters. The van der Waals surface area contributed by atoms with Crippen LogP contribution < -0.4 is 0 Å². The van der Waals surface area contributed by atoms with Crippen molar-refractivity contribution >= 4 is 0 Å². The lowest BCUT2D eigenvalue weighted by Gasteiger charge is -2.08. The van der Waals surface area contributed by atoms with E-state index in [-0.39, 0.29) is 0 Å². The molecule has 3 aromatic carbocycles. The first-order chi connectivity index (χ1) is 8.95. The maximum Gasteiger partial charge on any atom is -0.000000766 e. The third-order valence-electron chi connectivity index (χ3n) is 2.81. The van der Waals surface area contributed by atoms with Gasteiger partial charge in [0.15, 0.2) is 0 Å². The van der Waals surface area contributed by atoms with Gasteiger partial charge in [-0.3, -0.25) is 0 Å². The third-order valence-corrected chi connectivity index (χ3v) is 2.81. The Balaban J connectivity index is 2.18. The first-order valence-corrected chi connectivity index (χ1v) is 5.82. The molecule has 18 heavy (non-hydrogen) atoms. The van der Waals surface area contributed by atoms with Gasteiger partial charge < -0.3 is 0 Å². The molecule has 0 heterocycles. The second-order valence-corrected chi connectivity index (χ2v) is 3.98. The summed E-state index contributed by atoms with van der Waals surface area (Å²) in [4.78, 5) is 0. The van der Waals surface area contributed by atoms with Crippen LogP contribution in [0.3, 0.4) is 0 Å². The van der Waals surface area contributed by atoms with E-state index in [2.05, 4.69) is 48.5 Å². The van der Waals surface area contributed by atoms with Crippen molar-refractivity contribution in [2.75, 3.05) is 0 Å². The molecule has 4 radical (unpaired) electrons. The Morgan fingerprint density at radius 2 is 0.889 bits per heavy atom. The fraction of sp³-hybridized carbons (Fsp3) is 0. The first kappa shape index (κ1) is 10.8. The van der Waals surface area contributed by atoms with E-state index in [1.54, 1.807) is 0 Å². The molecular weight excluding hydrogens is 216 g/mol. The molecule has 0 amide bonds. The molecule has 0 saturated carbocycles. The van der Waals surface area contributed by atoms with Gasteiger partial charge >= 0.3 is 0 Å². The van der Waals surface area contributed by atoms with Gasteiger partial charge in [0.2, 0.25) is 0 Å². The van der Waals surface area contributed by atoms with Crippen molar-refractivity contribution < 1.29 is 0 Å². The van der Waals surface area contributed by atoms with Crippen LogP contribution in [0.25, 0.3) is 22.3 Å². The molecule has 0 heteroatoms. The normalized spacial score (nSPS) is 10.2. The Bertz CT molecular complexity index is 566. The summed E-state index contributed by atoms with van der Waals surface area (Å²) in [5.41, 5.74) is 4.27. The van der Waals surface area contributed by atoms with E-state index in [4.69, 9.17) is 0 Å². The summed E-state index contributed by atoms with van der Waals surface area (Å²) in [7, 11) is 0. The standard InChI is InChI=1S/C18H10/c1-3-9-15(10-4-1)17-13-7-8-14-18(17)16-11-5-2-6-12-16/h1-6,9-12H. The maximum atomic E-state index is 3.14. The highest BCUT2D eigenvalue weighted by Gasteiger charge is 2.06. The molecule has 0 nitrogen and oxygen atoms in total. The second-order valence-electron chi connectivity index (χ2n) is 3.98. The molecule has 3 aromatic rings. The quantitative estimate of drug-likeness (QED) is 0.613. The van der Waals surface area contributed by atoms with Gasteiger partial charge in [0.25, 0.3) is 0 Å². The third kappa shape index (κ3) is 2.05. The van der Waals surface area contributed by atoms with E-state index < -0.39 is 0 Å². The van der Waals surface area contributed by atoms with Gasteiger partial charge in [-0.15, -0.1) is 0 Å². The van der Waals surface area contributed by atoms with E-state index in [0.717, 1.165) is 22.3 Å². The molecule has 0 atom stereocenters. The van der Waals surface area contributed by atoms with Crippen LogP contribution in [0.2, 0.25) is 0 Å². The molecule has 0 N–H and O–H groups in total. The van der Waals surface area contributed by atoms with Gasteiger partial charge in [0.1, 0.15) is 0 Å². The van der Waals surface area contributed by atoms with Gasteiger partial charge in [-0.1, -0.05) is 60.7 Å². The van der Waals surface area contributed by atoms with E-state index >= 15 is 0 Å². The Morgan fingerprint density at radius 3 is 1.28 bits per heavy atom. The Morgan fingerprint density at radius 1 is 0.500 bits per heavy atom. The van der Waals surface area contributed by atoms with Crippen LogP contribution in [-0.4, -0.2) is 0 Å². The average Bonchev–Trinajstić information content (AvgIpc) is 2.49. The SMILES string of the molecule is [c]1[c][c]c(-c2ccccc2)c(-c2ccccc2)[c]1. The predicted octanol–water partition coefficient (Wildman–Crippen LogP) is 4.22. The minimum absolute atomic E-state index is 1.01. The number of benzene rings is 3.